The summed E-state index contributed by atoms with van der Waals surface area (Å²) in [5, 5.41) is 3.54. The summed E-state index contributed by atoms with van der Waals surface area (Å²) in [7, 11) is 0. The summed E-state index contributed by atoms with van der Waals surface area (Å²) < 4.78 is 13.6. The summed E-state index contributed by atoms with van der Waals surface area (Å²) in [5.41, 5.74) is 1.93. The first-order valence-corrected chi connectivity index (χ1v) is 7.36. The van der Waals surface area contributed by atoms with E-state index in [1.807, 2.05) is 11.8 Å². The van der Waals surface area contributed by atoms with Gasteiger partial charge in [0.2, 0.25) is 0 Å². The molecule has 3 rings (SSSR count). The Balaban J connectivity index is 2.05. The number of thioether (sulfide) groups is 1. The van der Waals surface area contributed by atoms with Gasteiger partial charge >= 0.3 is 0 Å². The van der Waals surface area contributed by atoms with E-state index in [0.29, 0.717) is 6.04 Å². The smallest absolute Gasteiger partial charge is 0.144 e. The summed E-state index contributed by atoms with van der Waals surface area (Å²) in [5.74, 6) is 1.91. The van der Waals surface area contributed by atoms with Crippen molar-refractivity contribution in [2.24, 2.45) is 0 Å². The van der Waals surface area contributed by atoms with Crippen LogP contribution >= 0.6 is 23.4 Å². The molecule has 0 amide bonds. The summed E-state index contributed by atoms with van der Waals surface area (Å²) >= 11 is 7.82. The van der Waals surface area contributed by atoms with Crippen molar-refractivity contribution in [1.82, 2.24) is 0 Å². The van der Waals surface area contributed by atoms with Crippen molar-refractivity contribution in [3.05, 3.63) is 23.0 Å². The van der Waals surface area contributed by atoms with E-state index in [4.69, 9.17) is 11.6 Å². The lowest BCUT2D eigenvalue weighted by molar-refractivity contribution is 0.612. The molecule has 2 aliphatic rings. The Hall–Kier alpha value is -0.610. The number of nitrogens with one attached hydrogen (secondary N) is 1. The molecule has 2 heterocycles. The van der Waals surface area contributed by atoms with Gasteiger partial charge in [-0.2, -0.15) is 11.8 Å². The maximum absolute atomic E-state index is 13.6. The molecule has 0 aromatic heterocycles. The third-order valence-electron chi connectivity index (χ3n) is 3.37. The Morgan fingerprint density at radius 3 is 3.24 bits per heavy atom. The van der Waals surface area contributed by atoms with Crippen molar-refractivity contribution in [3.63, 3.8) is 0 Å². The molecule has 1 N–H and O–H groups in total. The second kappa shape index (κ2) is 4.58. The second-order valence-corrected chi connectivity index (χ2v) is 5.98. The Morgan fingerprint density at radius 1 is 1.47 bits per heavy atom. The molecule has 0 spiro atoms. The van der Waals surface area contributed by atoms with Crippen molar-refractivity contribution < 1.29 is 4.39 Å². The lowest BCUT2D eigenvalue weighted by atomic mass is 10.1. The molecule has 2 aliphatic heterocycles. The van der Waals surface area contributed by atoms with Gasteiger partial charge in [0.15, 0.2) is 0 Å². The number of halogens is 2. The number of benzene rings is 1. The van der Waals surface area contributed by atoms with E-state index >= 15 is 0 Å². The molecule has 0 saturated carbocycles. The number of anilines is 2. The monoisotopic (exact) mass is 272 g/mol. The number of rotatable bonds is 0. The first-order chi connectivity index (χ1) is 8.25. The first kappa shape index (κ1) is 11.5. The molecular weight excluding hydrogens is 259 g/mol. The SMILES string of the molecule is Fc1cc2c(cc1Cl)NCCC1CSCCN21. The predicted molar refractivity (Wildman–Crippen MR) is 73.0 cm³/mol. The Labute approximate surface area is 110 Å². The lowest BCUT2D eigenvalue weighted by Gasteiger charge is -2.36. The normalized spacial score (nSPS) is 23.4. The largest absolute Gasteiger partial charge is 0.383 e. The second-order valence-electron chi connectivity index (χ2n) is 4.42. The lowest BCUT2D eigenvalue weighted by Crippen LogP contribution is -2.42. The quantitative estimate of drug-likeness (QED) is 0.781. The van der Waals surface area contributed by atoms with Crippen molar-refractivity contribution in [3.8, 4) is 0 Å². The predicted octanol–water partition coefficient (Wildman–Crippen LogP) is 3.22. The van der Waals surface area contributed by atoms with E-state index in [1.54, 1.807) is 12.1 Å². The fraction of sp³-hybridized carbons (Fsp3) is 0.500. The van der Waals surface area contributed by atoms with Crippen molar-refractivity contribution in [2.45, 2.75) is 12.5 Å². The average Bonchev–Trinajstić information content (AvgIpc) is 2.50. The topological polar surface area (TPSA) is 15.3 Å². The molecule has 1 saturated heterocycles. The molecule has 1 aromatic carbocycles. The van der Waals surface area contributed by atoms with Gasteiger partial charge in [-0.05, 0) is 12.5 Å². The Bertz CT molecular complexity index is 441. The van der Waals surface area contributed by atoms with Crippen molar-refractivity contribution in [2.75, 3.05) is 34.8 Å². The molecule has 2 nitrogen and oxygen atoms in total. The highest BCUT2D eigenvalue weighted by molar-refractivity contribution is 7.99. The molecule has 92 valence electrons. The molecule has 0 radical (unpaired) electrons. The zero-order chi connectivity index (χ0) is 11.8. The van der Waals surface area contributed by atoms with Gasteiger partial charge in [-0.1, -0.05) is 11.6 Å². The van der Waals surface area contributed by atoms with Crippen LogP contribution in [-0.2, 0) is 0 Å². The molecule has 1 fully saturated rings. The minimum absolute atomic E-state index is 0.195. The minimum atomic E-state index is -0.328. The van der Waals surface area contributed by atoms with Gasteiger partial charge in [-0.25, -0.2) is 4.39 Å². The van der Waals surface area contributed by atoms with Gasteiger partial charge in [-0.3, -0.25) is 0 Å². The summed E-state index contributed by atoms with van der Waals surface area (Å²) in [6, 6.07) is 3.79. The highest BCUT2D eigenvalue weighted by Gasteiger charge is 2.27. The summed E-state index contributed by atoms with van der Waals surface area (Å²) in [4.78, 5) is 2.32. The zero-order valence-corrected chi connectivity index (χ0v) is 11.0. The number of nitrogens with zero attached hydrogens (tertiary/aromatic N) is 1. The highest BCUT2D eigenvalue weighted by Crippen LogP contribution is 2.37. The van der Waals surface area contributed by atoms with Gasteiger partial charge in [0, 0.05) is 36.7 Å². The molecule has 17 heavy (non-hydrogen) atoms. The van der Waals surface area contributed by atoms with Crippen LogP contribution in [-0.4, -0.2) is 30.6 Å². The van der Waals surface area contributed by atoms with Crippen LogP contribution in [0.5, 0.6) is 0 Å². The molecule has 0 bridgehead atoms. The summed E-state index contributed by atoms with van der Waals surface area (Å²) in [6.07, 6.45) is 1.10. The fourth-order valence-corrected chi connectivity index (χ4v) is 3.77. The third-order valence-corrected chi connectivity index (χ3v) is 4.75. The maximum Gasteiger partial charge on any atom is 0.144 e. The van der Waals surface area contributed by atoms with Gasteiger partial charge < -0.3 is 10.2 Å². The van der Waals surface area contributed by atoms with E-state index in [-0.39, 0.29) is 10.8 Å². The molecule has 5 heteroatoms. The van der Waals surface area contributed by atoms with Crippen LogP contribution in [0.15, 0.2) is 12.1 Å². The van der Waals surface area contributed by atoms with E-state index in [1.165, 1.54) is 0 Å². The van der Waals surface area contributed by atoms with E-state index in [2.05, 4.69) is 10.2 Å². The van der Waals surface area contributed by atoms with Crippen LogP contribution in [0, 0.1) is 5.82 Å². The van der Waals surface area contributed by atoms with Crippen LogP contribution in [0.2, 0.25) is 5.02 Å². The third kappa shape index (κ3) is 2.08. The molecule has 1 unspecified atom stereocenters. The van der Waals surface area contributed by atoms with Crippen LogP contribution < -0.4 is 10.2 Å². The van der Waals surface area contributed by atoms with Crippen molar-refractivity contribution in [1.29, 1.82) is 0 Å². The highest BCUT2D eigenvalue weighted by atomic mass is 35.5. The van der Waals surface area contributed by atoms with Crippen LogP contribution in [0.4, 0.5) is 15.8 Å². The molecule has 1 aromatic rings. The number of hydrogen-bond donors (Lipinski definition) is 1. The average molecular weight is 273 g/mol. The first-order valence-electron chi connectivity index (χ1n) is 5.83. The van der Waals surface area contributed by atoms with Crippen molar-refractivity contribution >= 4 is 34.7 Å². The fourth-order valence-electron chi connectivity index (χ4n) is 2.50. The van der Waals surface area contributed by atoms with Gasteiger partial charge in [0.05, 0.1) is 16.4 Å². The van der Waals surface area contributed by atoms with Crippen LogP contribution in [0.25, 0.3) is 0 Å². The van der Waals surface area contributed by atoms with Gasteiger partial charge in [-0.15, -0.1) is 0 Å². The molecule has 1 atom stereocenters. The van der Waals surface area contributed by atoms with Crippen LogP contribution in [0.3, 0.4) is 0 Å². The van der Waals surface area contributed by atoms with Gasteiger partial charge in [0.1, 0.15) is 5.82 Å². The number of fused-ring (bicyclic) bond motifs is 3. The van der Waals surface area contributed by atoms with E-state index < -0.39 is 0 Å². The molecule has 0 aliphatic carbocycles. The summed E-state index contributed by atoms with van der Waals surface area (Å²) in [6.45, 7) is 1.92. The van der Waals surface area contributed by atoms with E-state index in [9.17, 15) is 4.39 Å². The van der Waals surface area contributed by atoms with Crippen LogP contribution in [0.1, 0.15) is 6.42 Å². The zero-order valence-electron chi connectivity index (χ0n) is 9.38. The Kier molecular flexibility index (Phi) is 3.09. The van der Waals surface area contributed by atoms with E-state index in [0.717, 1.165) is 42.4 Å². The molecular formula is C12H14ClFN2S. The minimum Gasteiger partial charge on any atom is -0.383 e. The van der Waals surface area contributed by atoms with Gasteiger partial charge in [0.25, 0.3) is 0 Å². The number of hydrogen-bond acceptors (Lipinski definition) is 3. The maximum atomic E-state index is 13.6. The Morgan fingerprint density at radius 2 is 2.35 bits per heavy atom. The standard InChI is InChI=1S/C12H14ClFN2S/c13-9-5-11-12(6-10(9)14)16-3-4-17-7-8(16)1-2-15-11/h5-6,8,15H,1-4,7H2.